The van der Waals surface area contributed by atoms with E-state index in [0.717, 1.165) is 36.6 Å². The first-order valence-corrected chi connectivity index (χ1v) is 10.0. The molecule has 4 heterocycles. The van der Waals surface area contributed by atoms with Gasteiger partial charge in [-0.3, -0.25) is 4.79 Å². The molecular formula is C21H21N3OS. The predicted octanol–water partition coefficient (Wildman–Crippen LogP) is 3.92. The minimum absolute atomic E-state index is 0.0875. The Labute approximate surface area is 157 Å². The van der Waals surface area contributed by atoms with Gasteiger partial charge in [0.1, 0.15) is 0 Å². The number of carbonyl (C=O) groups excluding carboxylic acids is 1. The van der Waals surface area contributed by atoms with E-state index in [2.05, 4.69) is 40.1 Å². The van der Waals surface area contributed by atoms with Crippen LogP contribution < -0.4 is 4.90 Å². The molecule has 3 aromatic rings. The molecule has 132 valence electrons. The third-order valence-electron chi connectivity index (χ3n) is 5.54. The SMILES string of the molecule is O=C1[C@@H]2CC[C@@H](CN(c3nc4ccccc4s3)C2)N1Cc1ccccc1. The third-order valence-corrected chi connectivity index (χ3v) is 6.64. The summed E-state index contributed by atoms with van der Waals surface area (Å²) < 4.78 is 1.21. The van der Waals surface area contributed by atoms with Gasteiger partial charge in [-0.25, -0.2) is 4.98 Å². The molecule has 1 amide bonds. The highest BCUT2D eigenvalue weighted by Crippen LogP contribution is 2.35. The van der Waals surface area contributed by atoms with Crippen LogP contribution >= 0.6 is 11.3 Å². The van der Waals surface area contributed by atoms with Gasteiger partial charge in [0.25, 0.3) is 0 Å². The van der Waals surface area contributed by atoms with Gasteiger partial charge in [-0.1, -0.05) is 53.8 Å². The molecule has 0 radical (unpaired) electrons. The van der Waals surface area contributed by atoms with Gasteiger partial charge in [0.05, 0.1) is 16.1 Å². The van der Waals surface area contributed by atoms with E-state index in [4.69, 9.17) is 4.98 Å². The molecule has 3 aliphatic rings. The number of para-hydroxylation sites is 1. The summed E-state index contributed by atoms with van der Waals surface area (Å²) in [4.78, 5) is 22.3. The molecule has 6 rings (SSSR count). The Kier molecular flexibility index (Phi) is 3.89. The first-order valence-electron chi connectivity index (χ1n) is 9.23. The van der Waals surface area contributed by atoms with E-state index < -0.39 is 0 Å². The summed E-state index contributed by atoms with van der Waals surface area (Å²) >= 11 is 1.74. The van der Waals surface area contributed by atoms with Crippen LogP contribution in [0.4, 0.5) is 5.13 Å². The van der Waals surface area contributed by atoms with Gasteiger partial charge in [-0.2, -0.15) is 0 Å². The predicted molar refractivity (Wildman–Crippen MR) is 105 cm³/mol. The lowest BCUT2D eigenvalue weighted by molar-refractivity contribution is -0.140. The number of fused-ring (bicyclic) bond motifs is 5. The topological polar surface area (TPSA) is 36.4 Å². The number of hydrogen-bond donors (Lipinski definition) is 0. The molecule has 3 fully saturated rings. The number of thiazole rings is 1. The summed E-state index contributed by atoms with van der Waals surface area (Å²) in [6, 6.07) is 18.9. The van der Waals surface area contributed by atoms with Crippen molar-refractivity contribution in [1.82, 2.24) is 9.88 Å². The zero-order valence-electron chi connectivity index (χ0n) is 14.5. The monoisotopic (exact) mass is 363 g/mol. The molecule has 2 bridgehead atoms. The van der Waals surface area contributed by atoms with Crippen LogP contribution in [0.5, 0.6) is 0 Å². The molecular weight excluding hydrogens is 342 g/mol. The Morgan fingerprint density at radius 2 is 1.81 bits per heavy atom. The summed E-state index contributed by atoms with van der Waals surface area (Å²) in [5.41, 5.74) is 2.26. The molecule has 0 unspecified atom stereocenters. The molecule has 2 atom stereocenters. The highest BCUT2D eigenvalue weighted by atomic mass is 32.1. The Bertz CT molecular complexity index is 906. The summed E-state index contributed by atoms with van der Waals surface area (Å²) in [6.45, 7) is 2.39. The van der Waals surface area contributed by atoms with Gasteiger partial charge in [0.15, 0.2) is 5.13 Å². The number of anilines is 1. The van der Waals surface area contributed by atoms with Crippen molar-refractivity contribution in [2.45, 2.75) is 25.4 Å². The first kappa shape index (κ1) is 15.8. The number of carbonyl (C=O) groups is 1. The van der Waals surface area contributed by atoms with E-state index in [9.17, 15) is 4.79 Å². The molecule has 0 N–H and O–H groups in total. The van der Waals surface area contributed by atoms with Crippen LogP contribution in [0.1, 0.15) is 18.4 Å². The fourth-order valence-electron chi connectivity index (χ4n) is 4.18. The van der Waals surface area contributed by atoms with Crippen LogP contribution in [0.2, 0.25) is 0 Å². The van der Waals surface area contributed by atoms with E-state index in [-0.39, 0.29) is 12.0 Å². The highest BCUT2D eigenvalue weighted by molar-refractivity contribution is 7.22. The highest BCUT2D eigenvalue weighted by Gasteiger charge is 2.41. The van der Waals surface area contributed by atoms with E-state index in [1.807, 2.05) is 24.3 Å². The minimum Gasteiger partial charge on any atom is -0.345 e. The van der Waals surface area contributed by atoms with Gasteiger partial charge in [-0.05, 0) is 30.5 Å². The lowest BCUT2D eigenvalue weighted by Crippen LogP contribution is -2.47. The largest absolute Gasteiger partial charge is 0.345 e. The van der Waals surface area contributed by atoms with Crippen LogP contribution in [0.15, 0.2) is 54.6 Å². The molecule has 0 saturated carbocycles. The number of hydrogen-bond acceptors (Lipinski definition) is 4. The molecule has 3 saturated heterocycles. The summed E-state index contributed by atoms with van der Waals surface area (Å²) in [5.74, 6) is 0.401. The number of rotatable bonds is 3. The second-order valence-corrected chi connectivity index (χ2v) is 8.26. The maximum absolute atomic E-state index is 13.0. The Hall–Kier alpha value is -2.40. The van der Waals surface area contributed by atoms with Gasteiger partial charge in [-0.15, -0.1) is 0 Å². The smallest absolute Gasteiger partial charge is 0.228 e. The molecule has 26 heavy (non-hydrogen) atoms. The lowest BCUT2D eigenvalue weighted by atomic mass is 9.93. The van der Waals surface area contributed by atoms with Crippen molar-refractivity contribution in [1.29, 1.82) is 0 Å². The standard InChI is InChI=1S/C21H21N3OS/c25-20-16-10-11-17(24(20)12-15-6-2-1-3-7-15)14-23(13-16)21-22-18-8-4-5-9-19(18)26-21/h1-9,16-17H,10-14H2/t16-,17+/m1/s1. The molecule has 3 aliphatic heterocycles. The summed E-state index contributed by atoms with van der Waals surface area (Å²) in [5, 5.41) is 1.05. The average molecular weight is 363 g/mol. The Morgan fingerprint density at radius 3 is 2.65 bits per heavy atom. The van der Waals surface area contributed by atoms with Crippen molar-refractivity contribution in [2.75, 3.05) is 18.0 Å². The quantitative estimate of drug-likeness (QED) is 0.708. The van der Waals surface area contributed by atoms with E-state index >= 15 is 0 Å². The zero-order chi connectivity index (χ0) is 17.5. The van der Waals surface area contributed by atoms with Crippen molar-refractivity contribution in [3.05, 3.63) is 60.2 Å². The lowest BCUT2D eigenvalue weighted by Gasteiger charge is -2.36. The van der Waals surface area contributed by atoms with Gasteiger partial charge in [0, 0.05) is 25.7 Å². The van der Waals surface area contributed by atoms with E-state index in [0.29, 0.717) is 12.5 Å². The Morgan fingerprint density at radius 1 is 1.00 bits per heavy atom. The molecule has 2 aromatic carbocycles. The van der Waals surface area contributed by atoms with Crippen molar-refractivity contribution in [3.63, 3.8) is 0 Å². The van der Waals surface area contributed by atoms with Crippen LogP contribution in [0.25, 0.3) is 10.2 Å². The number of benzene rings is 2. The second kappa shape index (κ2) is 6.40. The van der Waals surface area contributed by atoms with Gasteiger partial charge >= 0.3 is 0 Å². The second-order valence-electron chi connectivity index (χ2n) is 7.25. The van der Waals surface area contributed by atoms with Crippen LogP contribution in [0.3, 0.4) is 0 Å². The fourth-order valence-corrected chi connectivity index (χ4v) is 5.16. The van der Waals surface area contributed by atoms with Crippen LogP contribution in [0, 0.1) is 5.92 Å². The number of nitrogens with zero attached hydrogens (tertiary/aromatic N) is 3. The number of piperidine rings is 1. The molecule has 1 aromatic heterocycles. The van der Waals surface area contributed by atoms with E-state index in [1.54, 1.807) is 11.3 Å². The molecule has 0 spiro atoms. The van der Waals surface area contributed by atoms with Crippen LogP contribution in [-0.4, -0.2) is 34.9 Å². The van der Waals surface area contributed by atoms with Crippen LogP contribution in [-0.2, 0) is 11.3 Å². The maximum atomic E-state index is 13.0. The number of aromatic nitrogens is 1. The first-order chi connectivity index (χ1) is 12.8. The normalized spacial score (nSPS) is 22.8. The fraction of sp³-hybridized carbons (Fsp3) is 0.333. The van der Waals surface area contributed by atoms with Crippen molar-refractivity contribution in [3.8, 4) is 0 Å². The Balaban J connectivity index is 1.43. The minimum atomic E-state index is 0.0875. The van der Waals surface area contributed by atoms with Gasteiger partial charge < -0.3 is 9.80 Å². The zero-order valence-corrected chi connectivity index (χ0v) is 15.4. The third kappa shape index (κ3) is 2.76. The summed E-state index contributed by atoms with van der Waals surface area (Å²) in [7, 11) is 0. The van der Waals surface area contributed by atoms with Crippen molar-refractivity contribution in [2.24, 2.45) is 5.92 Å². The van der Waals surface area contributed by atoms with Gasteiger partial charge in [0.2, 0.25) is 5.91 Å². The average Bonchev–Trinajstić information content (AvgIpc) is 2.92. The molecule has 4 nitrogen and oxygen atoms in total. The van der Waals surface area contributed by atoms with Crippen molar-refractivity contribution >= 4 is 32.6 Å². The molecule has 5 heteroatoms. The maximum Gasteiger partial charge on any atom is 0.228 e. The van der Waals surface area contributed by atoms with E-state index in [1.165, 1.54) is 10.3 Å². The van der Waals surface area contributed by atoms with Crippen molar-refractivity contribution < 1.29 is 4.79 Å². The molecule has 0 aliphatic carbocycles. The summed E-state index contributed by atoms with van der Waals surface area (Å²) in [6.07, 6.45) is 2.08. The number of amides is 1.